The van der Waals surface area contributed by atoms with Gasteiger partial charge in [-0.05, 0) is 42.9 Å². The summed E-state index contributed by atoms with van der Waals surface area (Å²) in [5.41, 5.74) is 3.54. The van der Waals surface area contributed by atoms with Crippen molar-refractivity contribution in [1.82, 2.24) is 19.6 Å². The van der Waals surface area contributed by atoms with Crippen molar-refractivity contribution in [1.29, 1.82) is 0 Å². The standard InChI is InChI=1S/C19H16N4S/c1-2-6-13(7-3-1)10-11-16-21-19-17(18-22-20-12-23(16)18)14-8-4-5-9-15(14)24-19/h1-3,6-7,10-12H,4-5,8-9H2/b11-10+. The van der Waals surface area contributed by atoms with E-state index in [2.05, 4.69) is 28.4 Å². The molecule has 0 saturated heterocycles. The molecule has 4 aromatic rings. The average Bonchev–Trinajstić information content (AvgIpc) is 3.24. The molecule has 0 aliphatic heterocycles. The van der Waals surface area contributed by atoms with E-state index < -0.39 is 0 Å². The fraction of sp³-hybridized carbons (Fsp3) is 0.211. The summed E-state index contributed by atoms with van der Waals surface area (Å²) in [6, 6.07) is 10.3. The Hall–Kier alpha value is -2.53. The molecule has 3 aromatic heterocycles. The van der Waals surface area contributed by atoms with Crippen LogP contribution in [0.15, 0.2) is 36.7 Å². The van der Waals surface area contributed by atoms with Crippen molar-refractivity contribution in [3.63, 3.8) is 0 Å². The summed E-state index contributed by atoms with van der Waals surface area (Å²) in [4.78, 5) is 7.49. The molecule has 0 atom stereocenters. The van der Waals surface area contributed by atoms with E-state index in [0.29, 0.717) is 0 Å². The normalized spacial score (nSPS) is 14.7. The highest BCUT2D eigenvalue weighted by molar-refractivity contribution is 7.19. The molecule has 5 rings (SSSR count). The highest BCUT2D eigenvalue weighted by atomic mass is 32.1. The third-order valence-corrected chi connectivity index (χ3v) is 5.80. The van der Waals surface area contributed by atoms with Crippen LogP contribution in [0.3, 0.4) is 0 Å². The Morgan fingerprint density at radius 2 is 1.92 bits per heavy atom. The maximum Gasteiger partial charge on any atom is 0.172 e. The second-order valence-electron chi connectivity index (χ2n) is 6.13. The van der Waals surface area contributed by atoms with Crippen molar-refractivity contribution in [2.24, 2.45) is 0 Å². The van der Waals surface area contributed by atoms with Crippen LogP contribution in [0.5, 0.6) is 0 Å². The number of aryl methyl sites for hydroxylation is 2. The third kappa shape index (κ3) is 2.16. The number of hydrogen-bond acceptors (Lipinski definition) is 4. The van der Waals surface area contributed by atoms with Gasteiger partial charge in [-0.1, -0.05) is 36.4 Å². The van der Waals surface area contributed by atoms with Gasteiger partial charge in [0.25, 0.3) is 0 Å². The Labute approximate surface area is 143 Å². The van der Waals surface area contributed by atoms with E-state index in [-0.39, 0.29) is 0 Å². The molecule has 1 aliphatic carbocycles. The highest BCUT2D eigenvalue weighted by Crippen LogP contribution is 2.37. The molecule has 0 unspecified atom stereocenters. The number of hydrogen-bond donors (Lipinski definition) is 0. The molecule has 0 bridgehead atoms. The monoisotopic (exact) mass is 332 g/mol. The molecule has 3 heterocycles. The SMILES string of the molecule is C(=C\c1nc2sc3c(c2c2nncn12)CCCC3)/c1ccccc1. The molecule has 1 aromatic carbocycles. The topological polar surface area (TPSA) is 43.1 Å². The minimum Gasteiger partial charge on any atom is -0.265 e. The lowest BCUT2D eigenvalue weighted by Gasteiger charge is -2.10. The van der Waals surface area contributed by atoms with Crippen molar-refractivity contribution in [2.45, 2.75) is 25.7 Å². The largest absolute Gasteiger partial charge is 0.265 e. The van der Waals surface area contributed by atoms with Crippen LogP contribution in [0.25, 0.3) is 28.0 Å². The van der Waals surface area contributed by atoms with E-state index in [4.69, 9.17) is 4.98 Å². The van der Waals surface area contributed by atoms with Crippen LogP contribution in [-0.4, -0.2) is 19.6 Å². The summed E-state index contributed by atoms with van der Waals surface area (Å²) in [7, 11) is 0. The lowest BCUT2D eigenvalue weighted by Crippen LogP contribution is -2.00. The molecule has 5 heteroatoms. The average molecular weight is 332 g/mol. The van der Waals surface area contributed by atoms with E-state index in [1.54, 1.807) is 6.33 Å². The summed E-state index contributed by atoms with van der Waals surface area (Å²) >= 11 is 1.83. The number of benzene rings is 1. The first-order valence-electron chi connectivity index (χ1n) is 8.27. The van der Waals surface area contributed by atoms with E-state index in [0.717, 1.165) is 28.3 Å². The molecule has 0 fully saturated rings. The Kier molecular flexibility index (Phi) is 3.19. The van der Waals surface area contributed by atoms with Gasteiger partial charge in [-0.2, -0.15) is 0 Å². The van der Waals surface area contributed by atoms with Gasteiger partial charge in [-0.15, -0.1) is 21.5 Å². The van der Waals surface area contributed by atoms with Gasteiger partial charge in [0.15, 0.2) is 5.65 Å². The van der Waals surface area contributed by atoms with Gasteiger partial charge in [0.05, 0.1) is 5.39 Å². The van der Waals surface area contributed by atoms with E-state index in [9.17, 15) is 0 Å². The van der Waals surface area contributed by atoms with Gasteiger partial charge in [-0.3, -0.25) is 4.40 Å². The molecule has 0 radical (unpaired) electrons. The number of nitrogens with zero attached hydrogens (tertiary/aromatic N) is 4. The molecular formula is C19H16N4S. The van der Waals surface area contributed by atoms with Crippen molar-refractivity contribution < 1.29 is 0 Å². The van der Waals surface area contributed by atoms with Crippen LogP contribution in [0.2, 0.25) is 0 Å². The predicted molar refractivity (Wildman–Crippen MR) is 98.2 cm³/mol. The van der Waals surface area contributed by atoms with Crippen LogP contribution in [0.4, 0.5) is 0 Å². The first-order valence-corrected chi connectivity index (χ1v) is 9.09. The lowest BCUT2D eigenvalue weighted by atomic mass is 9.97. The molecule has 24 heavy (non-hydrogen) atoms. The van der Waals surface area contributed by atoms with Gasteiger partial charge >= 0.3 is 0 Å². The number of thiophene rings is 1. The fourth-order valence-corrected chi connectivity index (χ4v) is 4.71. The molecule has 0 amide bonds. The lowest BCUT2D eigenvalue weighted by molar-refractivity contribution is 0.700. The first kappa shape index (κ1) is 13.9. The van der Waals surface area contributed by atoms with Crippen molar-refractivity contribution in [2.75, 3.05) is 0 Å². The van der Waals surface area contributed by atoms with Crippen LogP contribution < -0.4 is 0 Å². The van der Waals surface area contributed by atoms with E-state index >= 15 is 0 Å². The highest BCUT2D eigenvalue weighted by Gasteiger charge is 2.20. The van der Waals surface area contributed by atoms with Gasteiger partial charge < -0.3 is 0 Å². The molecule has 4 nitrogen and oxygen atoms in total. The maximum atomic E-state index is 4.91. The smallest absolute Gasteiger partial charge is 0.172 e. The van der Waals surface area contributed by atoms with Gasteiger partial charge in [0.1, 0.15) is 17.0 Å². The second-order valence-corrected chi connectivity index (χ2v) is 7.21. The summed E-state index contributed by atoms with van der Waals surface area (Å²) in [5, 5.41) is 9.74. The first-order chi connectivity index (χ1) is 11.9. The summed E-state index contributed by atoms with van der Waals surface area (Å²) in [5.74, 6) is 0.880. The maximum absolute atomic E-state index is 4.91. The number of aromatic nitrogens is 4. The third-order valence-electron chi connectivity index (χ3n) is 4.61. The van der Waals surface area contributed by atoms with Crippen molar-refractivity contribution >= 4 is 39.4 Å². The predicted octanol–water partition coefficient (Wildman–Crippen LogP) is 4.39. The zero-order valence-corrected chi connectivity index (χ0v) is 14.0. The van der Waals surface area contributed by atoms with Crippen LogP contribution in [0, 0.1) is 0 Å². The Morgan fingerprint density at radius 3 is 2.83 bits per heavy atom. The van der Waals surface area contributed by atoms with Crippen LogP contribution in [0.1, 0.15) is 34.7 Å². The molecular weight excluding hydrogens is 316 g/mol. The minimum atomic E-state index is 0.880. The molecule has 0 N–H and O–H groups in total. The van der Waals surface area contributed by atoms with Crippen LogP contribution >= 0.6 is 11.3 Å². The minimum absolute atomic E-state index is 0.880. The summed E-state index contributed by atoms with van der Waals surface area (Å²) < 4.78 is 2.00. The Balaban J connectivity index is 1.71. The zero-order valence-electron chi connectivity index (χ0n) is 13.1. The number of fused-ring (bicyclic) bond motifs is 5. The summed E-state index contributed by atoms with van der Waals surface area (Å²) in [6.07, 6.45) is 10.7. The number of rotatable bonds is 2. The quantitative estimate of drug-likeness (QED) is 0.547. The van der Waals surface area contributed by atoms with Crippen molar-refractivity contribution in [3.8, 4) is 0 Å². The fourth-order valence-electron chi connectivity index (χ4n) is 3.44. The van der Waals surface area contributed by atoms with E-state index in [1.807, 2.05) is 40.0 Å². The van der Waals surface area contributed by atoms with Crippen molar-refractivity contribution in [3.05, 3.63) is 58.5 Å². The van der Waals surface area contributed by atoms with Gasteiger partial charge in [0.2, 0.25) is 0 Å². The Bertz CT molecular complexity index is 1060. The molecule has 118 valence electrons. The summed E-state index contributed by atoms with van der Waals surface area (Å²) in [6.45, 7) is 0. The van der Waals surface area contributed by atoms with Crippen LogP contribution in [-0.2, 0) is 12.8 Å². The van der Waals surface area contributed by atoms with Gasteiger partial charge in [0, 0.05) is 4.88 Å². The Morgan fingerprint density at radius 1 is 1.04 bits per heavy atom. The van der Waals surface area contributed by atoms with Gasteiger partial charge in [-0.25, -0.2) is 4.98 Å². The second kappa shape index (κ2) is 5.53. The molecule has 1 aliphatic rings. The molecule has 0 saturated carbocycles. The van der Waals surface area contributed by atoms with E-state index in [1.165, 1.54) is 35.1 Å². The zero-order chi connectivity index (χ0) is 15.9. The molecule has 0 spiro atoms.